The van der Waals surface area contributed by atoms with Gasteiger partial charge in [-0.05, 0) is 5.92 Å². The van der Waals surface area contributed by atoms with Crippen molar-refractivity contribution in [2.75, 3.05) is 0 Å². The van der Waals surface area contributed by atoms with E-state index in [9.17, 15) is 0 Å². The SMILES string of the molecule is CCC(CC)CC.N. The Morgan fingerprint density at radius 2 is 1.12 bits per heavy atom. The molecule has 0 saturated carbocycles. The number of hydrogen-bond acceptors (Lipinski definition) is 1. The first-order chi connectivity index (χ1) is 3.35. The smallest absolute Gasteiger partial charge is 0.0422 e. The van der Waals surface area contributed by atoms with Gasteiger partial charge in [0, 0.05) is 0 Å². The highest BCUT2D eigenvalue weighted by Crippen LogP contribution is 2.09. The number of rotatable bonds is 3. The average Bonchev–Trinajstić information content (AvgIpc) is 1.72. The third-order valence-electron chi connectivity index (χ3n) is 1.73. The van der Waals surface area contributed by atoms with E-state index in [1.54, 1.807) is 0 Å². The van der Waals surface area contributed by atoms with Crippen LogP contribution in [0.3, 0.4) is 0 Å². The van der Waals surface area contributed by atoms with Gasteiger partial charge in [-0.1, -0.05) is 40.0 Å². The Morgan fingerprint density at radius 3 is 1.12 bits per heavy atom. The molecule has 0 aliphatic heterocycles. The van der Waals surface area contributed by atoms with Crippen LogP contribution in [0.2, 0.25) is 0 Å². The summed E-state index contributed by atoms with van der Waals surface area (Å²) in [6, 6.07) is 0. The maximum atomic E-state index is 2.26. The van der Waals surface area contributed by atoms with Gasteiger partial charge in [0.25, 0.3) is 0 Å². The van der Waals surface area contributed by atoms with Crippen LogP contribution < -0.4 is 6.15 Å². The second kappa shape index (κ2) is 6.96. The topological polar surface area (TPSA) is 35.0 Å². The minimum absolute atomic E-state index is 0. The maximum absolute atomic E-state index is 2.26. The summed E-state index contributed by atoms with van der Waals surface area (Å²) in [7, 11) is 0. The molecule has 0 aromatic heterocycles. The van der Waals surface area contributed by atoms with E-state index in [-0.39, 0.29) is 6.15 Å². The summed E-state index contributed by atoms with van der Waals surface area (Å²) in [4.78, 5) is 0. The summed E-state index contributed by atoms with van der Waals surface area (Å²) in [5.41, 5.74) is 0. The third kappa shape index (κ3) is 4.13. The molecule has 0 saturated heterocycles. The molecular formula is C7H19N. The molecule has 0 radical (unpaired) electrons. The zero-order chi connectivity index (χ0) is 5.70. The summed E-state index contributed by atoms with van der Waals surface area (Å²) in [6.07, 6.45) is 4.06. The molecule has 0 amide bonds. The molecule has 0 atom stereocenters. The van der Waals surface area contributed by atoms with E-state index in [1.165, 1.54) is 19.3 Å². The van der Waals surface area contributed by atoms with Crippen molar-refractivity contribution in [2.24, 2.45) is 5.92 Å². The van der Waals surface area contributed by atoms with Crippen molar-refractivity contribution in [2.45, 2.75) is 40.0 Å². The zero-order valence-corrected chi connectivity index (χ0v) is 6.41. The normalized spacial score (nSPS) is 9.00. The molecule has 3 N–H and O–H groups in total. The van der Waals surface area contributed by atoms with E-state index in [2.05, 4.69) is 20.8 Å². The molecule has 1 nitrogen and oxygen atoms in total. The fourth-order valence-corrected chi connectivity index (χ4v) is 0.866. The van der Waals surface area contributed by atoms with Gasteiger partial charge in [-0.2, -0.15) is 0 Å². The van der Waals surface area contributed by atoms with Gasteiger partial charge in [0.15, 0.2) is 0 Å². The van der Waals surface area contributed by atoms with Crippen molar-refractivity contribution in [1.29, 1.82) is 0 Å². The van der Waals surface area contributed by atoms with Crippen LogP contribution in [-0.2, 0) is 0 Å². The predicted molar refractivity (Wildman–Crippen MR) is 39.4 cm³/mol. The first-order valence-corrected chi connectivity index (χ1v) is 3.35. The van der Waals surface area contributed by atoms with Gasteiger partial charge in [0.2, 0.25) is 0 Å². The third-order valence-corrected chi connectivity index (χ3v) is 1.73. The monoisotopic (exact) mass is 117 g/mol. The standard InChI is InChI=1S/C7H16.H3N/c1-4-7(5-2)6-3;/h7H,4-6H2,1-3H3;1H3. The van der Waals surface area contributed by atoms with Crippen molar-refractivity contribution >= 4 is 0 Å². The molecule has 0 aliphatic rings. The van der Waals surface area contributed by atoms with Crippen LogP contribution in [0.1, 0.15) is 40.0 Å². The first kappa shape index (κ1) is 10.9. The zero-order valence-electron chi connectivity index (χ0n) is 6.41. The van der Waals surface area contributed by atoms with Gasteiger partial charge >= 0.3 is 0 Å². The highest BCUT2D eigenvalue weighted by atomic mass is 14.0. The fraction of sp³-hybridized carbons (Fsp3) is 1.00. The molecule has 52 valence electrons. The summed E-state index contributed by atoms with van der Waals surface area (Å²) >= 11 is 0. The van der Waals surface area contributed by atoms with Gasteiger partial charge in [0.05, 0.1) is 0 Å². The lowest BCUT2D eigenvalue weighted by molar-refractivity contribution is 0.477. The van der Waals surface area contributed by atoms with Crippen LogP contribution in [0.15, 0.2) is 0 Å². The van der Waals surface area contributed by atoms with Crippen LogP contribution in [-0.4, -0.2) is 0 Å². The lowest BCUT2D eigenvalue weighted by Crippen LogP contribution is -1.91. The molecule has 1 heteroatoms. The fourth-order valence-electron chi connectivity index (χ4n) is 0.866. The lowest BCUT2D eigenvalue weighted by Gasteiger charge is -2.05. The molecule has 8 heavy (non-hydrogen) atoms. The summed E-state index contributed by atoms with van der Waals surface area (Å²) in [5, 5.41) is 0. The minimum Gasteiger partial charge on any atom is -0.344 e. The van der Waals surface area contributed by atoms with Crippen molar-refractivity contribution in [3.8, 4) is 0 Å². The molecule has 0 spiro atoms. The van der Waals surface area contributed by atoms with Crippen molar-refractivity contribution in [3.05, 3.63) is 0 Å². The Kier molecular flexibility index (Phi) is 9.44. The minimum atomic E-state index is 0. The predicted octanol–water partition coefficient (Wildman–Crippen LogP) is 2.99. The lowest BCUT2D eigenvalue weighted by atomic mass is 10.0. The van der Waals surface area contributed by atoms with Gasteiger partial charge in [-0.15, -0.1) is 0 Å². The molecule has 0 heterocycles. The highest BCUT2D eigenvalue weighted by molar-refractivity contribution is 4.48. The van der Waals surface area contributed by atoms with E-state index < -0.39 is 0 Å². The second-order valence-corrected chi connectivity index (χ2v) is 2.09. The van der Waals surface area contributed by atoms with E-state index >= 15 is 0 Å². The Labute approximate surface area is 53.1 Å². The molecular weight excluding hydrogens is 98.1 g/mol. The summed E-state index contributed by atoms with van der Waals surface area (Å²) in [5.74, 6) is 0.986. The largest absolute Gasteiger partial charge is 0.344 e. The Morgan fingerprint density at radius 1 is 0.875 bits per heavy atom. The Hall–Kier alpha value is -0.0400. The van der Waals surface area contributed by atoms with E-state index in [0.29, 0.717) is 0 Å². The molecule has 0 aromatic carbocycles. The van der Waals surface area contributed by atoms with Crippen LogP contribution >= 0.6 is 0 Å². The first-order valence-electron chi connectivity index (χ1n) is 3.35. The van der Waals surface area contributed by atoms with E-state index in [0.717, 1.165) is 5.92 Å². The molecule has 0 bridgehead atoms. The molecule has 0 aliphatic carbocycles. The summed E-state index contributed by atoms with van der Waals surface area (Å²) in [6.45, 7) is 6.78. The van der Waals surface area contributed by atoms with Crippen LogP contribution in [0.5, 0.6) is 0 Å². The van der Waals surface area contributed by atoms with Gasteiger partial charge in [0.1, 0.15) is 0 Å². The number of hydrogen-bond donors (Lipinski definition) is 1. The molecule has 0 unspecified atom stereocenters. The second-order valence-electron chi connectivity index (χ2n) is 2.09. The van der Waals surface area contributed by atoms with Crippen LogP contribution in [0.25, 0.3) is 0 Å². The van der Waals surface area contributed by atoms with Crippen molar-refractivity contribution in [1.82, 2.24) is 6.15 Å². The Bertz CT molecular complexity index is 25.9. The summed E-state index contributed by atoms with van der Waals surface area (Å²) < 4.78 is 0. The maximum Gasteiger partial charge on any atom is -0.0422 e. The highest BCUT2D eigenvalue weighted by Gasteiger charge is 1.95. The van der Waals surface area contributed by atoms with E-state index in [1.807, 2.05) is 0 Å². The van der Waals surface area contributed by atoms with Crippen LogP contribution in [0, 0.1) is 5.92 Å². The van der Waals surface area contributed by atoms with Crippen molar-refractivity contribution in [3.63, 3.8) is 0 Å². The van der Waals surface area contributed by atoms with Gasteiger partial charge in [-0.3, -0.25) is 0 Å². The molecule has 0 rings (SSSR count). The molecule has 0 fully saturated rings. The van der Waals surface area contributed by atoms with Gasteiger partial charge in [-0.25, -0.2) is 0 Å². The Balaban J connectivity index is 0. The van der Waals surface area contributed by atoms with Gasteiger partial charge < -0.3 is 6.15 Å². The van der Waals surface area contributed by atoms with Crippen LogP contribution in [0.4, 0.5) is 0 Å². The van der Waals surface area contributed by atoms with E-state index in [4.69, 9.17) is 0 Å². The van der Waals surface area contributed by atoms with Crippen molar-refractivity contribution < 1.29 is 0 Å². The quantitative estimate of drug-likeness (QED) is 0.606. The molecule has 0 aromatic rings. The average molecular weight is 117 g/mol.